The maximum Gasteiger partial charge on any atom is 0.237 e. The van der Waals surface area contributed by atoms with Crippen molar-refractivity contribution in [3.8, 4) is 0 Å². The third kappa shape index (κ3) is 4.65. The van der Waals surface area contributed by atoms with Gasteiger partial charge in [-0.15, -0.1) is 0 Å². The fourth-order valence-corrected chi connectivity index (χ4v) is 1.84. The summed E-state index contributed by atoms with van der Waals surface area (Å²) < 4.78 is 5.14. The van der Waals surface area contributed by atoms with Gasteiger partial charge in [0.2, 0.25) is 5.91 Å². The average Bonchev–Trinajstić information content (AvgIpc) is 2.44. The summed E-state index contributed by atoms with van der Waals surface area (Å²) in [6.07, 6.45) is 0.898. The molecule has 1 aromatic carbocycles. The fourth-order valence-electron chi connectivity index (χ4n) is 1.84. The number of amides is 1. The van der Waals surface area contributed by atoms with Crippen molar-refractivity contribution in [1.29, 1.82) is 0 Å². The number of methoxy groups -OCH3 is 1. The van der Waals surface area contributed by atoms with E-state index in [2.05, 4.69) is 5.32 Å². The molecule has 0 radical (unpaired) electrons. The van der Waals surface area contributed by atoms with E-state index in [1.165, 1.54) is 0 Å². The SMILES string of the molecule is CCC(C)C(N)C(=O)NCc1ccccc1COC. The molecule has 19 heavy (non-hydrogen) atoms. The van der Waals surface area contributed by atoms with Gasteiger partial charge in [-0.1, -0.05) is 44.5 Å². The zero-order valence-electron chi connectivity index (χ0n) is 12.0. The molecule has 0 spiro atoms. The lowest BCUT2D eigenvalue weighted by Gasteiger charge is -2.18. The summed E-state index contributed by atoms with van der Waals surface area (Å²) >= 11 is 0. The fraction of sp³-hybridized carbons (Fsp3) is 0.533. The number of benzene rings is 1. The van der Waals surface area contributed by atoms with Gasteiger partial charge in [-0.3, -0.25) is 4.79 Å². The van der Waals surface area contributed by atoms with Crippen molar-refractivity contribution < 1.29 is 9.53 Å². The van der Waals surface area contributed by atoms with Crippen molar-refractivity contribution in [3.05, 3.63) is 35.4 Å². The summed E-state index contributed by atoms with van der Waals surface area (Å²) in [5, 5.41) is 2.89. The van der Waals surface area contributed by atoms with Crippen LogP contribution in [-0.4, -0.2) is 19.1 Å². The van der Waals surface area contributed by atoms with Crippen LogP contribution in [0.1, 0.15) is 31.4 Å². The lowest BCUT2D eigenvalue weighted by Crippen LogP contribution is -2.44. The Balaban J connectivity index is 2.59. The molecule has 3 N–H and O–H groups in total. The van der Waals surface area contributed by atoms with Crippen LogP contribution < -0.4 is 11.1 Å². The first-order chi connectivity index (χ1) is 9.10. The Morgan fingerprint density at radius 1 is 1.37 bits per heavy atom. The second-order valence-electron chi connectivity index (χ2n) is 4.83. The number of hydrogen-bond acceptors (Lipinski definition) is 3. The highest BCUT2D eigenvalue weighted by Crippen LogP contribution is 2.10. The van der Waals surface area contributed by atoms with E-state index in [4.69, 9.17) is 10.5 Å². The first kappa shape index (κ1) is 15.7. The second kappa shape index (κ2) is 7.92. The molecule has 106 valence electrons. The number of rotatable bonds is 7. The topological polar surface area (TPSA) is 64.4 Å². The van der Waals surface area contributed by atoms with Crippen LogP contribution >= 0.6 is 0 Å². The van der Waals surface area contributed by atoms with Gasteiger partial charge >= 0.3 is 0 Å². The Labute approximate surface area is 115 Å². The first-order valence-electron chi connectivity index (χ1n) is 6.69. The van der Waals surface area contributed by atoms with Crippen molar-refractivity contribution in [3.63, 3.8) is 0 Å². The van der Waals surface area contributed by atoms with Crippen molar-refractivity contribution in [2.75, 3.05) is 7.11 Å². The number of carbonyl (C=O) groups excluding carboxylic acids is 1. The molecule has 2 unspecified atom stereocenters. The predicted molar refractivity (Wildman–Crippen MR) is 76.4 cm³/mol. The molecular formula is C15H24N2O2. The third-order valence-electron chi connectivity index (χ3n) is 3.43. The number of hydrogen-bond donors (Lipinski definition) is 2. The summed E-state index contributed by atoms with van der Waals surface area (Å²) in [5.41, 5.74) is 8.04. The van der Waals surface area contributed by atoms with Crippen LogP contribution in [0.2, 0.25) is 0 Å². The van der Waals surface area contributed by atoms with E-state index < -0.39 is 6.04 Å². The molecule has 0 aliphatic carbocycles. The van der Waals surface area contributed by atoms with E-state index in [-0.39, 0.29) is 11.8 Å². The number of nitrogens with two attached hydrogens (primary N) is 1. The average molecular weight is 264 g/mol. The number of carbonyl (C=O) groups is 1. The van der Waals surface area contributed by atoms with Crippen molar-refractivity contribution in [2.45, 2.75) is 39.5 Å². The Morgan fingerprint density at radius 2 is 2.00 bits per heavy atom. The summed E-state index contributed by atoms with van der Waals surface area (Å²) in [4.78, 5) is 11.9. The van der Waals surface area contributed by atoms with Gasteiger partial charge in [0.1, 0.15) is 0 Å². The minimum Gasteiger partial charge on any atom is -0.380 e. The molecule has 0 bridgehead atoms. The molecule has 0 fully saturated rings. The van der Waals surface area contributed by atoms with Gasteiger partial charge in [0.25, 0.3) is 0 Å². The zero-order valence-corrected chi connectivity index (χ0v) is 12.0. The molecule has 0 saturated heterocycles. The van der Waals surface area contributed by atoms with Gasteiger partial charge in [-0.05, 0) is 17.0 Å². The van der Waals surface area contributed by atoms with Crippen LogP contribution in [0.5, 0.6) is 0 Å². The summed E-state index contributed by atoms with van der Waals surface area (Å²) in [7, 11) is 1.66. The summed E-state index contributed by atoms with van der Waals surface area (Å²) in [6.45, 7) is 5.06. The van der Waals surface area contributed by atoms with Crippen LogP contribution in [0.3, 0.4) is 0 Å². The lowest BCUT2D eigenvalue weighted by molar-refractivity contribution is -0.123. The molecule has 4 nitrogen and oxygen atoms in total. The minimum absolute atomic E-state index is 0.0958. The highest BCUT2D eigenvalue weighted by molar-refractivity contribution is 5.81. The molecule has 1 amide bonds. The highest BCUT2D eigenvalue weighted by atomic mass is 16.5. The van der Waals surface area contributed by atoms with Crippen LogP contribution in [0.4, 0.5) is 0 Å². The molecule has 0 saturated carbocycles. The highest BCUT2D eigenvalue weighted by Gasteiger charge is 2.19. The van der Waals surface area contributed by atoms with E-state index in [1.807, 2.05) is 38.1 Å². The normalized spacial score (nSPS) is 13.9. The quantitative estimate of drug-likeness (QED) is 0.789. The molecule has 1 aromatic rings. The predicted octanol–water partition coefficient (Wildman–Crippen LogP) is 1.82. The van der Waals surface area contributed by atoms with E-state index in [0.29, 0.717) is 13.2 Å². The van der Waals surface area contributed by atoms with Gasteiger partial charge in [-0.2, -0.15) is 0 Å². The van der Waals surface area contributed by atoms with E-state index >= 15 is 0 Å². The number of nitrogens with one attached hydrogen (secondary N) is 1. The monoisotopic (exact) mass is 264 g/mol. The van der Waals surface area contributed by atoms with Crippen molar-refractivity contribution in [2.24, 2.45) is 11.7 Å². The Morgan fingerprint density at radius 3 is 2.58 bits per heavy atom. The van der Waals surface area contributed by atoms with Crippen LogP contribution in [-0.2, 0) is 22.7 Å². The van der Waals surface area contributed by atoms with Gasteiger partial charge in [0, 0.05) is 13.7 Å². The van der Waals surface area contributed by atoms with Crippen molar-refractivity contribution in [1.82, 2.24) is 5.32 Å². The molecule has 0 aliphatic rings. The van der Waals surface area contributed by atoms with Gasteiger partial charge in [0.05, 0.1) is 12.6 Å². The second-order valence-corrected chi connectivity index (χ2v) is 4.83. The van der Waals surface area contributed by atoms with E-state index in [0.717, 1.165) is 17.5 Å². The first-order valence-corrected chi connectivity index (χ1v) is 6.69. The Kier molecular flexibility index (Phi) is 6.53. The minimum atomic E-state index is -0.445. The molecule has 1 rings (SSSR count). The third-order valence-corrected chi connectivity index (χ3v) is 3.43. The molecule has 2 atom stereocenters. The van der Waals surface area contributed by atoms with E-state index in [9.17, 15) is 4.79 Å². The Bertz CT molecular complexity index is 407. The molecule has 4 heteroatoms. The molecule has 0 heterocycles. The van der Waals surface area contributed by atoms with Crippen LogP contribution in [0.15, 0.2) is 24.3 Å². The molecule has 0 aromatic heterocycles. The van der Waals surface area contributed by atoms with Gasteiger partial charge in [0.15, 0.2) is 0 Å². The number of ether oxygens (including phenoxy) is 1. The van der Waals surface area contributed by atoms with E-state index in [1.54, 1.807) is 7.11 Å². The summed E-state index contributed by atoms with van der Waals surface area (Å²) in [5.74, 6) is 0.0933. The molecular weight excluding hydrogens is 240 g/mol. The standard InChI is InChI=1S/C15H24N2O2/c1-4-11(2)14(16)15(18)17-9-12-7-5-6-8-13(12)10-19-3/h5-8,11,14H,4,9-10,16H2,1-3H3,(H,17,18). The smallest absolute Gasteiger partial charge is 0.237 e. The van der Waals surface area contributed by atoms with Crippen LogP contribution in [0.25, 0.3) is 0 Å². The Hall–Kier alpha value is -1.39. The van der Waals surface area contributed by atoms with Crippen molar-refractivity contribution >= 4 is 5.91 Å². The van der Waals surface area contributed by atoms with Crippen LogP contribution in [0, 0.1) is 5.92 Å². The molecule has 0 aliphatic heterocycles. The lowest BCUT2D eigenvalue weighted by atomic mass is 9.99. The largest absolute Gasteiger partial charge is 0.380 e. The van der Waals surface area contributed by atoms with Gasteiger partial charge in [-0.25, -0.2) is 0 Å². The zero-order chi connectivity index (χ0) is 14.3. The maximum atomic E-state index is 11.9. The maximum absolute atomic E-state index is 11.9. The van der Waals surface area contributed by atoms with Gasteiger partial charge < -0.3 is 15.8 Å². The summed E-state index contributed by atoms with van der Waals surface area (Å²) in [6, 6.07) is 7.46.